The predicted octanol–water partition coefficient (Wildman–Crippen LogP) is 3.74. The van der Waals surface area contributed by atoms with Gasteiger partial charge in [-0.1, -0.05) is 6.07 Å². The number of amides is 1. The fourth-order valence-corrected chi connectivity index (χ4v) is 1.40. The largest absolute Gasteiger partial charge is 0.573 e. The SMILES string of the molecule is CC(C)(C)OC(=O)Nc1c(C=O)cccc1OC(F)(F)F. The maximum atomic E-state index is 12.3. The molecule has 0 fully saturated rings. The first-order valence-corrected chi connectivity index (χ1v) is 5.86. The number of para-hydroxylation sites is 1. The number of ether oxygens (including phenoxy) is 2. The van der Waals surface area contributed by atoms with Crippen molar-refractivity contribution in [2.24, 2.45) is 0 Å². The van der Waals surface area contributed by atoms with Crippen LogP contribution in [-0.4, -0.2) is 24.3 Å². The molecule has 0 aliphatic carbocycles. The molecule has 0 unspecified atom stereocenters. The van der Waals surface area contributed by atoms with Crippen LogP contribution in [0.25, 0.3) is 0 Å². The summed E-state index contributed by atoms with van der Waals surface area (Å²) in [5.74, 6) is -0.696. The van der Waals surface area contributed by atoms with E-state index in [1.54, 1.807) is 20.8 Å². The zero-order valence-electron chi connectivity index (χ0n) is 11.6. The number of hydrogen-bond acceptors (Lipinski definition) is 4. The van der Waals surface area contributed by atoms with E-state index in [0.29, 0.717) is 6.29 Å². The summed E-state index contributed by atoms with van der Waals surface area (Å²) in [6.07, 6.45) is -5.65. The molecule has 1 N–H and O–H groups in total. The molecule has 0 spiro atoms. The third-order valence-electron chi connectivity index (χ3n) is 2.04. The molecular formula is C13H14F3NO4. The van der Waals surface area contributed by atoms with Gasteiger partial charge in [0.2, 0.25) is 0 Å². The van der Waals surface area contributed by atoms with Gasteiger partial charge in [-0.05, 0) is 32.9 Å². The molecule has 1 amide bonds. The Hall–Kier alpha value is -2.25. The Bertz CT molecular complexity index is 535. The summed E-state index contributed by atoms with van der Waals surface area (Å²) in [4.78, 5) is 22.5. The molecule has 1 aromatic rings. The van der Waals surface area contributed by atoms with E-state index in [4.69, 9.17) is 4.74 Å². The van der Waals surface area contributed by atoms with Gasteiger partial charge in [0.15, 0.2) is 12.0 Å². The number of aldehydes is 1. The van der Waals surface area contributed by atoms with Gasteiger partial charge in [0.05, 0.1) is 5.69 Å². The van der Waals surface area contributed by atoms with E-state index in [1.165, 1.54) is 12.1 Å². The Balaban J connectivity index is 3.08. The van der Waals surface area contributed by atoms with Crippen molar-refractivity contribution < 1.29 is 32.2 Å². The van der Waals surface area contributed by atoms with Gasteiger partial charge in [-0.2, -0.15) is 0 Å². The number of hydrogen-bond donors (Lipinski definition) is 1. The third-order valence-corrected chi connectivity index (χ3v) is 2.04. The highest BCUT2D eigenvalue weighted by Crippen LogP contribution is 2.32. The minimum Gasteiger partial charge on any atom is -0.444 e. The standard InChI is InChI=1S/C13H14F3NO4/c1-12(2,3)21-11(19)17-10-8(7-18)5-4-6-9(10)20-13(14,15)16/h4-7H,1-3H3,(H,17,19). The van der Waals surface area contributed by atoms with Crippen molar-refractivity contribution in [3.8, 4) is 5.75 Å². The molecule has 0 aliphatic rings. The van der Waals surface area contributed by atoms with Crippen LogP contribution in [-0.2, 0) is 4.74 Å². The second kappa shape index (κ2) is 6.02. The number of carbonyl (C=O) groups is 2. The highest BCUT2D eigenvalue weighted by molar-refractivity contribution is 5.95. The normalized spacial score (nSPS) is 11.7. The molecule has 1 rings (SSSR count). The van der Waals surface area contributed by atoms with Gasteiger partial charge in [0.1, 0.15) is 5.60 Å². The van der Waals surface area contributed by atoms with E-state index in [1.807, 2.05) is 0 Å². The minimum atomic E-state index is -4.95. The Labute approximate surface area is 119 Å². The lowest BCUT2D eigenvalue weighted by Crippen LogP contribution is -2.28. The van der Waals surface area contributed by atoms with Crippen molar-refractivity contribution >= 4 is 18.1 Å². The summed E-state index contributed by atoms with van der Waals surface area (Å²) in [6, 6.07) is 3.42. The summed E-state index contributed by atoms with van der Waals surface area (Å²) in [5, 5.41) is 2.09. The van der Waals surface area contributed by atoms with Gasteiger partial charge in [-0.3, -0.25) is 10.1 Å². The number of nitrogens with one attached hydrogen (secondary N) is 1. The summed E-state index contributed by atoms with van der Waals surface area (Å²) in [5.41, 5.74) is -1.41. The first-order chi connectivity index (χ1) is 9.52. The maximum absolute atomic E-state index is 12.3. The lowest BCUT2D eigenvalue weighted by Gasteiger charge is -2.21. The van der Waals surface area contributed by atoms with Crippen molar-refractivity contribution in [2.75, 3.05) is 5.32 Å². The van der Waals surface area contributed by atoms with E-state index in [-0.39, 0.29) is 5.56 Å². The minimum absolute atomic E-state index is 0.164. The molecule has 0 radical (unpaired) electrons. The molecule has 0 aromatic heterocycles. The average molecular weight is 305 g/mol. The molecule has 8 heteroatoms. The molecule has 0 bridgehead atoms. The third kappa shape index (κ3) is 5.72. The quantitative estimate of drug-likeness (QED) is 0.864. The van der Waals surface area contributed by atoms with Gasteiger partial charge in [-0.25, -0.2) is 4.79 Å². The summed E-state index contributed by atoms with van der Waals surface area (Å²) >= 11 is 0. The Morgan fingerprint density at radius 2 is 1.86 bits per heavy atom. The molecular weight excluding hydrogens is 291 g/mol. The van der Waals surface area contributed by atoms with Crippen molar-refractivity contribution in [3.05, 3.63) is 23.8 Å². The predicted molar refractivity (Wildman–Crippen MR) is 68.4 cm³/mol. The molecule has 5 nitrogen and oxygen atoms in total. The monoisotopic (exact) mass is 305 g/mol. The first kappa shape index (κ1) is 16.8. The van der Waals surface area contributed by atoms with Gasteiger partial charge >= 0.3 is 12.5 Å². The Morgan fingerprint density at radius 1 is 1.24 bits per heavy atom. The van der Waals surface area contributed by atoms with Crippen molar-refractivity contribution in [3.63, 3.8) is 0 Å². The van der Waals surface area contributed by atoms with Crippen LogP contribution >= 0.6 is 0 Å². The highest BCUT2D eigenvalue weighted by atomic mass is 19.4. The summed E-state index contributed by atoms with van der Waals surface area (Å²) < 4.78 is 45.6. The van der Waals surface area contributed by atoms with E-state index in [0.717, 1.165) is 6.07 Å². The molecule has 0 heterocycles. The molecule has 116 valence electrons. The zero-order chi connectivity index (χ0) is 16.3. The fraction of sp³-hybridized carbons (Fsp3) is 0.385. The van der Waals surface area contributed by atoms with E-state index in [2.05, 4.69) is 10.1 Å². The second-order valence-corrected chi connectivity index (χ2v) is 5.01. The fourth-order valence-electron chi connectivity index (χ4n) is 1.40. The van der Waals surface area contributed by atoms with Gasteiger partial charge in [0, 0.05) is 5.56 Å². The van der Waals surface area contributed by atoms with Crippen LogP contribution in [0, 0.1) is 0 Å². The first-order valence-electron chi connectivity index (χ1n) is 5.86. The van der Waals surface area contributed by atoms with Crippen LogP contribution in [0.2, 0.25) is 0 Å². The average Bonchev–Trinajstić information content (AvgIpc) is 2.26. The van der Waals surface area contributed by atoms with Crippen molar-refractivity contribution in [1.82, 2.24) is 0 Å². The van der Waals surface area contributed by atoms with Gasteiger partial charge in [-0.15, -0.1) is 13.2 Å². The lowest BCUT2D eigenvalue weighted by molar-refractivity contribution is -0.274. The molecule has 0 aliphatic heterocycles. The van der Waals surface area contributed by atoms with Crippen molar-refractivity contribution in [2.45, 2.75) is 32.7 Å². The smallest absolute Gasteiger partial charge is 0.444 e. The zero-order valence-corrected chi connectivity index (χ0v) is 11.6. The second-order valence-electron chi connectivity index (χ2n) is 5.01. The topological polar surface area (TPSA) is 64.6 Å². The number of benzene rings is 1. The van der Waals surface area contributed by atoms with Gasteiger partial charge < -0.3 is 9.47 Å². The van der Waals surface area contributed by atoms with Crippen LogP contribution in [0.1, 0.15) is 31.1 Å². The summed E-state index contributed by atoms with van der Waals surface area (Å²) in [7, 11) is 0. The molecule has 0 saturated carbocycles. The Kier molecular flexibility index (Phi) is 4.82. The number of anilines is 1. The maximum Gasteiger partial charge on any atom is 0.573 e. The summed E-state index contributed by atoms with van der Waals surface area (Å²) in [6.45, 7) is 4.77. The number of carbonyl (C=O) groups excluding carboxylic acids is 2. The van der Waals surface area contributed by atoms with Crippen LogP contribution in [0.3, 0.4) is 0 Å². The number of rotatable bonds is 3. The van der Waals surface area contributed by atoms with Crippen molar-refractivity contribution in [1.29, 1.82) is 0 Å². The number of halogens is 3. The van der Waals surface area contributed by atoms with E-state index >= 15 is 0 Å². The van der Waals surface area contributed by atoms with Crippen LogP contribution in [0.15, 0.2) is 18.2 Å². The lowest BCUT2D eigenvalue weighted by atomic mass is 10.2. The van der Waals surface area contributed by atoms with Gasteiger partial charge in [0.25, 0.3) is 0 Å². The molecule has 1 aromatic carbocycles. The molecule has 0 saturated heterocycles. The van der Waals surface area contributed by atoms with Crippen LogP contribution < -0.4 is 10.1 Å². The number of alkyl halides is 3. The highest BCUT2D eigenvalue weighted by Gasteiger charge is 2.33. The van der Waals surface area contributed by atoms with E-state index in [9.17, 15) is 22.8 Å². The van der Waals surface area contributed by atoms with E-state index < -0.39 is 29.5 Å². The van der Waals surface area contributed by atoms with Crippen LogP contribution in [0.5, 0.6) is 5.75 Å². The van der Waals surface area contributed by atoms with Crippen LogP contribution in [0.4, 0.5) is 23.7 Å². The Morgan fingerprint density at radius 3 is 2.33 bits per heavy atom. The molecule has 0 atom stereocenters. The molecule has 21 heavy (non-hydrogen) atoms.